The summed E-state index contributed by atoms with van der Waals surface area (Å²) in [5.41, 5.74) is 7.46. The van der Waals surface area contributed by atoms with Crippen molar-refractivity contribution in [2.24, 2.45) is 10.9 Å². The molecule has 0 atom stereocenters. The molecule has 0 fully saturated rings. The zero-order valence-corrected chi connectivity index (χ0v) is 13.1. The van der Waals surface area contributed by atoms with Crippen molar-refractivity contribution in [2.75, 3.05) is 6.61 Å². The minimum atomic E-state index is 0.0959. The third-order valence-electron chi connectivity index (χ3n) is 3.59. The number of nitrogens with zero attached hydrogens (tertiary/aromatic N) is 2. The van der Waals surface area contributed by atoms with E-state index in [9.17, 15) is 0 Å². The summed E-state index contributed by atoms with van der Waals surface area (Å²) in [5, 5.41) is 13.6. The number of rotatable bonds is 5. The average molecular weight is 330 g/mol. The van der Waals surface area contributed by atoms with Crippen molar-refractivity contribution < 1.29 is 9.94 Å². The highest BCUT2D eigenvalue weighted by Gasteiger charge is 2.11. The predicted molar refractivity (Wildman–Crippen MR) is 91.4 cm³/mol. The maximum Gasteiger partial charge on any atom is 0.172 e. The highest BCUT2D eigenvalue weighted by atomic mass is 35.5. The van der Waals surface area contributed by atoms with Gasteiger partial charge in [-0.25, -0.2) is 0 Å². The molecular formula is C17H16ClN3O2. The molecule has 0 aliphatic rings. The van der Waals surface area contributed by atoms with Crippen molar-refractivity contribution >= 4 is 28.3 Å². The number of benzene rings is 2. The Bertz CT molecular complexity index is 841. The number of aromatic nitrogens is 1. The largest absolute Gasteiger partial charge is 0.492 e. The van der Waals surface area contributed by atoms with E-state index in [1.54, 1.807) is 12.1 Å². The Balaban J connectivity index is 1.79. The van der Waals surface area contributed by atoms with Crippen molar-refractivity contribution in [3.05, 3.63) is 65.3 Å². The van der Waals surface area contributed by atoms with Gasteiger partial charge in [-0.3, -0.25) is 0 Å². The summed E-state index contributed by atoms with van der Waals surface area (Å²) in [4.78, 5) is 0. The van der Waals surface area contributed by atoms with Crippen molar-refractivity contribution in [1.82, 2.24) is 4.57 Å². The lowest BCUT2D eigenvalue weighted by Crippen LogP contribution is -2.12. The molecule has 3 N–H and O–H groups in total. The van der Waals surface area contributed by atoms with E-state index in [-0.39, 0.29) is 5.84 Å². The number of ether oxygens (including phenoxy) is 1. The second kappa shape index (κ2) is 6.62. The first-order chi connectivity index (χ1) is 11.2. The van der Waals surface area contributed by atoms with Gasteiger partial charge in [0, 0.05) is 27.7 Å². The second-order valence-electron chi connectivity index (χ2n) is 5.04. The van der Waals surface area contributed by atoms with Crippen LogP contribution < -0.4 is 10.5 Å². The van der Waals surface area contributed by atoms with Crippen molar-refractivity contribution in [3.63, 3.8) is 0 Å². The van der Waals surface area contributed by atoms with Crippen LogP contribution in [0.1, 0.15) is 5.56 Å². The number of halogens is 1. The standard InChI is InChI=1S/C17H16ClN3O2/c18-12-5-7-13(8-6-12)23-10-9-21-11-15(17(19)20-22)14-3-1-2-4-16(14)21/h1-8,11,22H,9-10H2,(H2,19,20). The van der Waals surface area contributed by atoms with Gasteiger partial charge in [-0.1, -0.05) is 35.0 Å². The van der Waals surface area contributed by atoms with Gasteiger partial charge in [0.25, 0.3) is 0 Å². The average Bonchev–Trinajstić information content (AvgIpc) is 2.95. The maximum atomic E-state index is 8.92. The van der Waals surface area contributed by atoms with Gasteiger partial charge in [0.05, 0.1) is 6.54 Å². The lowest BCUT2D eigenvalue weighted by Gasteiger charge is -2.08. The SMILES string of the molecule is N/C(=N\O)c1cn(CCOc2ccc(Cl)cc2)c2ccccc12. The summed E-state index contributed by atoms with van der Waals surface area (Å²) in [5.74, 6) is 0.862. The number of fused-ring (bicyclic) bond motifs is 1. The molecule has 1 aromatic heterocycles. The molecule has 0 aliphatic heterocycles. The third-order valence-corrected chi connectivity index (χ3v) is 3.84. The molecule has 3 rings (SSSR count). The van der Waals surface area contributed by atoms with Gasteiger partial charge in [-0.05, 0) is 30.3 Å². The molecule has 1 heterocycles. The fourth-order valence-corrected chi connectivity index (χ4v) is 2.61. The molecule has 3 aromatic rings. The number of hydrogen-bond donors (Lipinski definition) is 2. The predicted octanol–water partition coefficient (Wildman–Crippen LogP) is 3.47. The van der Waals surface area contributed by atoms with E-state index in [1.165, 1.54) is 0 Å². The molecule has 0 saturated heterocycles. The first kappa shape index (κ1) is 15.2. The van der Waals surface area contributed by atoms with Gasteiger partial charge in [-0.2, -0.15) is 0 Å². The van der Waals surface area contributed by atoms with Crippen LogP contribution in [0.4, 0.5) is 0 Å². The monoisotopic (exact) mass is 329 g/mol. The summed E-state index contributed by atoms with van der Waals surface area (Å²) in [6, 6.07) is 15.1. The topological polar surface area (TPSA) is 72.8 Å². The summed E-state index contributed by atoms with van der Waals surface area (Å²) in [7, 11) is 0. The van der Waals surface area contributed by atoms with Crippen LogP contribution in [-0.2, 0) is 6.54 Å². The maximum absolute atomic E-state index is 8.92. The van der Waals surface area contributed by atoms with Crippen molar-refractivity contribution in [1.29, 1.82) is 0 Å². The first-order valence-electron chi connectivity index (χ1n) is 7.13. The molecule has 0 radical (unpaired) electrons. The molecule has 2 aromatic carbocycles. The van der Waals surface area contributed by atoms with Crippen LogP contribution in [0.15, 0.2) is 59.9 Å². The summed E-state index contributed by atoms with van der Waals surface area (Å²) < 4.78 is 7.75. The Morgan fingerprint density at radius 1 is 1.17 bits per heavy atom. The molecule has 0 spiro atoms. The van der Waals surface area contributed by atoms with Crippen molar-refractivity contribution in [3.8, 4) is 5.75 Å². The molecule has 23 heavy (non-hydrogen) atoms. The van der Waals surface area contributed by atoms with E-state index in [2.05, 4.69) is 5.16 Å². The number of hydrogen-bond acceptors (Lipinski definition) is 3. The normalized spacial score (nSPS) is 11.8. The minimum absolute atomic E-state index is 0.0959. The molecule has 0 bridgehead atoms. The van der Waals surface area contributed by atoms with E-state index < -0.39 is 0 Å². The van der Waals surface area contributed by atoms with Crippen LogP contribution in [-0.4, -0.2) is 22.2 Å². The van der Waals surface area contributed by atoms with Gasteiger partial charge < -0.3 is 20.2 Å². The molecule has 118 valence electrons. The van der Waals surface area contributed by atoms with E-state index in [0.717, 1.165) is 16.7 Å². The van der Waals surface area contributed by atoms with Crippen LogP contribution >= 0.6 is 11.6 Å². The lowest BCUT2D eigenvalue weighted by atomic mass is 10.1. The van der Waals surface area contributed by atoms with Gasteiger partial charge in [0.1, 0.15) is 12.4 Å². The Hall–Kier alpha value is -2.66. The Morgan fingerprint density at radius 3 is 2.65 bits per heavy atom. The molecule has 0 aliphatic carbocycles. The number of para-hydroxylation sites is 1. The zero-order chi connectivity index (χ0) is 16.2. The fraction of sp³-hybridized carbons (Fsp3) is 0.118. The molecule has 0 saturated carbocycles. The summed E-state index contributed by atoms with van der Waals surface area (Å²) in [6.07, 6.45) is 1.87. The Kier molecular flexibility index (Phi) is 4.39. The summed E-state index contributed by atoms with van der Waals surface area (Å²) in [6.45, 7) is 1.14. The van der Waals surface area contributed by atoms with E-state index >= 15 is 0 Å². The fourth-order valence-electron chi connectivity index (χ4n) is 2.48. The van der Waals surface area contributed by atoms with Crippen LogP contribution in [0.3, 0.4) is 0 Å². The Morgan fingerprint density at radius 2 is 1.91 bits per heavy atom. The van der Waals surface area contributed by atoms with E-state index in [0.29, 0.717) is 23.7 Å². The van der Waals surface area contributed by atoms with Gasteiger partial charge in [0.15, 0.2) is 5.84 Å². The smallest absolute Gasteiger partial charge is 0.172 e. The number of nitrogens with two attached hydrogens (primary N) is 1. The molecule has 0 amide bonds. The van der Waals surface area contributed by atoms with Crippen LogP contribution in [0.25, 0.3) is 10.9 Å². The second-order valence-corrected chi connectivity index (χ2v) is 5.48. The Labute approximate surface area is 138 Å². The molecule has 5 nitrogen and oxygen atoms in total. The molecule has 0 unspecified atom stereocenters. The van der Waals surface area contributed by atoms with Gasteiger partial charge >= 0.3 is 0 Å². The van der Waals surface area contributed by atoms with Crippen LogP contribution in [0.2, 0.25) is 5.02 Å². The van der Waals surface area contributed by atoms with Gasteiger partial charge in [0.2, 0.25) is 0 Å². The van der Waals surface area contributed by atoms with E-state index in [4.69, 9.17) is 27.3 Å². The highest BCUT2D eigenvalue weighted by molar-refractivity contribution is 6.30. The third kappa shape index (κ3) is 3.24. The lowest BCUT2D eigenvalue weighted by molar-refractivity contribution is 0.300. The first-order valence-corrected chi connectivity index (χ1v) is 7.51. The highest BCUT2D eigenvalue weighted by Crippen LogP contribution is 2.21. The molecular weight excluding hydrogens is 314 g/mol. The molecule has 6 heteroatoms. The van der Waals surface area contributed by atoms with E-state index in [1.807, 2.05) is 47.2 Å². The number of oxime groups is 1. The van der Waals surface area contributed by atoms with Crippen molar-refractivity contribution in [2.45, 2.75) is 6.54 Å². The quantitative estimate of drug-likeness (QED) is 0.326. The van der Waals surface area contributed by atoms with Gasteiger partial charge in [-0.15, -0.1) is 0 Å². The number of amidine groups is 1. The van der Waals surface area contributed by atoms with Crippen LogP contribution in [0.5, 0.6) is 5.75 Å². The van der Waals surface area contributed by atoms with Crippen LogP contribution in [0, 0.1) is 0 Å². The minimum Gasteiger partial charge on any atom is -0.492 e. The summed E-state index contributed by atoms with van der Waals surface area (Å²) >= 11 is 5.85. The zero-order valence-electron chi connectivity index (χ0n) is 12.3.